The third-order valence-corrected chi connectivity index (χ3v) is 1.71. The van der Waals surface area contributed by atoms with E-state index in [-0.39, 0.29) is 0 Å². The molecule has 0 radical (unpaired) electrons. The standard InChI is InChI=1S/C10H18O/c1-3-5-6-7-8-9-10(11)4-2/h3,5H,4,6-9H2,1-2H3. The van der Waals surface area contributed by atoms with Crippen LogP contribution >= 0.6 is 0 Å². The monoisotopic (exact) mass is 154 g/mol. The lowest BCUT2D eigenvalue weighted by Crippen LogP contribution is -1.93. The molecule has 0 aliphatic carbocycles. The maximum Gasteiger partial charge on any atom is 0.132 e. The van der Waals surface area contributed by atoms with Gasteiger partial charge in [0.15, 0.2) is 0 Å². The molecule has 0 unspecified atom stereocenters. The first-order valence-electron chi connectivity index (χ1n) is 4.44. The molecular formula is C10H18O. The summed E-state index contributed by atoms with van der Waals surface area (Å²) >= 11 is 0. The molecule has 0 rings (SSSR count). The molecule has 1 heteroatoms. The van der Waals surface area contributed by atoms with Gasteiger partial charge in [-0.1, -0.05) is 19.1 Å². The first-order valence-corrected chi connectivity index (χ1v) is 4.44. The molecule has 0 heterocycles. The molecule has 0 bridgehead atoms. The van der Waals surface area contributed by atoms with Gasteiger partial charge in [-0.15, -0.1) is 0 Å². The lowest BCUT2D eigenvalue weighted by Gasteiger charge is -1.95. The van der Waals surface area contributed by atoms with Crippen LogP contribution < -0.4 is 0 Å². The van der Waals surface area contributed by atoms with Crippen LogP contribution in [0.3, 0.4) is 0 Å². The number of ketones is 1. The summed E-state index contributed by atoms with van der Waals surface area (Å²) in [4.78, 5) is 10.8. The van der Waals surface area contributed by atoms with E-state index in [2.05, 4.69) is 12.2 Å². The Kier molecular flexibility index (Phi) is 7.11. The molecule has 0 aromatic rings. The normalized spacial score (nSPS) is 10.7. The van der Waals surface area contributed by atoms with E-state index < -0.39 is 0 Å². The average molecular weight is 154 g/mol. The van der Waals surface area contributed by atoms with Gasteiger partial charge in [0, 0.05) is 12.8 Å². The summed E-state index contributed by atoms with van der Waals surface area (Å²) in [6, 6.07) is 0. The van der Waals surface area contributed by atoms with Crippen molar-refractivity contribution >= 4 is 5.78 Å². The van der Waals surface area contributed by atoms with Gasteiger partial charge in [-0.2, -0.15) is 0 Å². The van der Waals surface area contributed by atoms with Gasteiger partial charge in [0.2, 0.25) is 0 Å². The fourth-order valence-electron chi connectivity index (χ4n) is 0.928. The molecule has 0 atom stereocenters. The van der Waals surface area contributed by atoms with E-state index in [0.29, 0.717) is 12.2 Å². The Morgan fingerprint density at radius 3 is 2.64 bits per heavy atom. The maximum atomic E-state index is 10.8. The first-order chi connectivity index (χ1) is 5.31. The summed E-state index contributed by atoms with van der Waals surface area (Å²) in [6.45, 7) is 3.95. The Morgan fingerprint density at radius 2 is 2.09 bits per heavy atom. The lowest BCUT2D eigenvalue weighted by atomic mass is 10.1. The zero-order valence-electron chi connectivity index (χ0n) is 7.60. The molecule has 1 nitrogen and oxygen atoms in total. The lowest BCUT2D eigenvalue weighted by molar-refractivity contribution is -0.118. The van der Waals surface area contributed by atoms with Crippen molar-refractivity contribution in [1.29, 1.82) is 0 Å². The zero-order chi connectivity index (χ0) is 8.53. The Bertz CT molecular complexity index is 125. The van der Waals surface area contributed by atoms with Gasteiger partial charge in [0.05, 0.1) is 0 Å². The molecule has 0 aliphatic heterocycles. The van der Waals surface area contributed by atoms with Gasteiger partial charge in [-0.05, 0) is 26.2 Å². The molecular weight excluding hydrogens is 136 g/mol. The number of allylic oxidation sites excluding steroid dienone is 2. The fraction of sp³-hybridized carbons (Fsp3) is 0.700. The van der Waals surface area contributed by atoms with Crippen molar-refractivity contribution in [3.8, 4) is 0 Å². The predicted molar refractivity (Wildman–Crippen MR) is 48.6 cm³/mol. The number of carbonyl (C=O) groups excluding carboxylic acids is 1. The van der Waals surface area contributed by atoms with Crippen LogP contribution in [0.25, 0.3) is 0 Å². The van der Waals surface area contributed by atoms with E-state index in [9.17, 15) is 4.79 Å². The summed E-state index contributed by atoms with van der Waals surface area (Å²) in [5.74, 6) is 0.394. The fourth-order valence-corrected chi connectivity index (χ4v) is 0.928. The minimum atomic E-state index is 0.394. The van der Waals surface area contributed by atoms with E-state index in [1.54, 1.807) is 0 Å². The highest BCUT2D eigenvalue weighted by molar-refractivity contribution is 5.77. The molecule has 0 saturated carbocycles. The molecule has 11 heavy (non-hydrogen) atoms. The second-order valence-electron chi connectivity index (χ2n) is 2.71. The Balaban J connectivity index is 3.08. The van der Waals surface area contributed by atoms with Crippen LogP contribution in [0, 0.1) is 0 Å². The van der Waals surface area contributed by atoms with Crippen LogP contribution in [0.5, 0.6) is 0 Å². The van der Waals surface area contributed by atoms with Gasteiger partial charge in [-0.25, -0.2) is 0 Å². The number of unbranched alkanes of at least 4 members (excludes halogenated alkanes) is 2. The Labute approximate surface area is 69.5 Å². The summed E-state index contributed by atoms with van der Waals surface area (Å²) in [7, 11) is 0. The highest BCUT2D eigenvalue weighted by Crippen LogP contribution is 2.02. The van der Waals surface area contributed by atoms with Crippen LogP contribution in [0.2, 0.25) is 0 Å². The second-order valence-corrected chi connectivity index (χ2v) is 2.71. The van der Waals surface area contributed by atoms with Crippen molar-refractivity contribution in [2.75, 3.05) is 0 Å². The van der Waals surface area contributed by atoms with Gasteiger partial charge in [0.25, 0.3) is 0 Å². The summed E-state index contributed by atoms with van der Waals surface area (Å²) in [5, 5.41) is 0. The SMILES string of the molecule is CC=CCCCCC(=O)CC. The Hall–Kier alpha value is -0.590. The van der Waals surface area contributed by atoms with E-state index in [1.807, 2.05) is 13.8 Å². The van der Waals surface area contributed by atoms with E-state index in [1.165, 1.54) is 0 Å². The molecule has 0 aliphatic rings. The van der Waals surface area contributed by atoms with Crippen molar-refractivity contribution < 1.29 is 4.79 Å². The van der Waals surface area contributed by atoms with Crippen molar-refractivity contribution in [1.82, 2.24) is 0 Å². The molecule has 0 amide bonds. The molecule has 0 spiro atoms. The molecule has 0 aromatic heterocycles. The number of Topliss-reactive ketones (excluding diaryl/α,β-unsaturated/α-hetero) is 1. The highest BCUT2D eigenvalue weighted by atomic mass is 16.1. The minimum Gasteiger partial charge on any atom is -0.300 e. The van der Waals surface area contributed by atoms with Crippen molar-refractivity contribution in [3.05, 3.63) is 12.2 Å². The zero-order valence-corrected chi connectivity index (χ0v) is 7.60. The van der Waals surface area contributed by atoms with Crippen LogP contribution in [-0.4, -0.2) is 5.78 Å². The first kappa shape index (κ1) is 10.4. The predicted octanol–water partition coefficient (Wildman–Crippen LogP) is 3.10. The van der Waals surface area contributed by atoms with E-state index in [0.717, 1.165) is 25.7 Å². The van der Waals surface area contributed by atoms with Gasteiger partial charge in [-0.3, -0.25) is 4.79 Å². The topological polar surface area (TPSA) is 17.1 Å². The van der Waals surface area contributed by atoms with Crippen molar-refractivity contribution in [2.45, 2.75) is 46.0 Å². The Morgan fingerprint density at radius 1 is 1.36 bits per heavy atom. The summed E-state index contributed by atoms with van der Waals surface area (Å²) in [5.41, 5.74) is 0. The number of hydrogen-bond acceptors (Lipinski definition) is 1. The van der Waals surface area contributed by atoms with Crippen molar-refractivity contribution in [2.24, 2.45) is 0 Å². The van der Waals surface area contributed by atoms with Crippen LogP contribution in [0.4, 0.5) is 0 Å². The number of carbonyl (C=O) groups is 1. The smallest absolute Gasteiger partial charge is 0.132 e. The largest absolute Gasteiger partial charge is 0.300 e. The minimum absolute atomic E-state index is 0.394. The molecule has 0 N–H and O–H groups in total. The van der Waals surface area contributed by atoms with Crippen LogP contribution in [0.1, 0.15) is 46.0 Å². The van der Waals surface area contributed by atoms with E-state index >= 15 is 0 Å². The number of rotatable bonds is 6. The number of hydrogen-bond donors (Lipinski definition) is 0. The third kappa shape index (κ3) is 7.31. The summed E-state index contributed by atoms with van der Waals surface area (Å²) < 4.78 is 0. The summed E-state index contributed by atoms with van der Waals surface area (Å²) in [6.07, 6.45) is 9.00. The molecule has 64 valence electrons. The maximum absolute atomic E-state index is 10.8. The van der Waals surface area contributed by atoms with Crippen LogP contribution in [0.15, 0.2) is 12.2 Å². The third-order valence-electron chi connectivity index (χ3n) is 1.71. The van der Waals surface area contributed by atoms with Gasteiger partial charge < -0.3 is 0 Å². The molecule has 0 fully saturated rings. The van der Waals surface area contributed by atoms with Gasteiger partial charge in [0.1, 0.15) is 5.78 Å². The molecule has 0 saturated heterocycles. The highest BCUT2D eigenvalue weighted by Gasteiger charge is 1.95. The molecule has 0 aromatic carbocycles. The van der Waals surface area contributed by atoms with E-state index in [4.69, 9.17) is 0 Å². The van der Waals surface area contributed by atoms with Gasteiger partial charge >= 0.3 is 0 Å². The van der Waals surface area contributed by atoms with Crippen molar-refractivity contribution in [3.63, 3.8) is 0 Å². The van der Waals surface area contributed by atoms with Crippen LogP contribution in [-0.2, 0) is 4.79 Å². The average Bonchev–Trinajstić information content (AvgIpc) is 2.04. The second kappa shape index (κ2) is 7.52. The quantitative estimate of drug-likeness (QED) is 0.424.